The van der Waals surface area contributed by atoms with Crippen molar-refractivity contribution in [2.45, 2.75) is 6.42 Å². The first kappa shape index (κ1) is 12.8. The Morgan fingerprint density at radius 1 is 0.889 bits per heavy atom. The molecule has 94 valence electrons. The number of fused-ring (bicyclic) bond motifs is 3. The monoisotopic (exact) mass is 263 g/mol. The van der Waals surface area contributed by atoms with Crippen LogP contribution in [0.2, 0.25) is 0 Å². The summed E-state index contributed by atoms with van der Waals surface area (Å²) < 4.78 is 25.2. The lowest BCUT2D eigenvalue weighted by molar-refractivity contribution is 0.485. The van der Waals surface area contributed by atoms with Gasteiger partial charge >= 0.3 is 10.3 Å². The molecule has 18 heavy (non-hydrogen) atoms. The van der Waals surface area contributed by atoms with Crippen molar-refractivity contribution in [1.82, 2.24) is 0 Å². The smallest absolute Gasteiger partial charge is 0.274 e. The van der Waals surface area contributed by atoms with Crippen molar-refractivity contribution >= 4 is 10.3 Å². The van der Waals surface area contributed by atoms with E-state index in [0.29, 0.717) is 0 Å². The highest BCUT2D eigenvalue weighted by Gasteiger charge is 2.15. The van der Waals surface area contributed by atoms with E-state index in [1.54, 1.807) is 0 Å². The molecule has 0 bridgehead atoms. The highest BCUT2D eigenvalue weighted by Crippen LogP contribution is 2.35. The highest BCUT2D eigenvalue weighted by molar-refractivity contribution is 7.83. The maximum absolute atomic E-state index is 8.97. The van der Waals surface area contributed by atoms with E-state index in [-0.39, 0.29) is 0 Å². The first-order valence-electron chi connectivity index (χ1n) is 5.36. The third kappa shape index (κ3) is 3.16. The van der Waals surface area contributed by atoms with Gasteiger partial charge in [-0.2, -0.15) is 8.42 Å². The van der Waals surface area contributed by atoms with Crippen LogP contribution in [-0.2, 0) is 16.7 Å². The maximum Gasteiger partial charge on any atom is 0.330 e. The van der Waals surface area contributed by atoms with Gasteiger partial charge in [-0.15, -0.1) is 0 Å². The Morgan fingerprint density at radius 3 is 1.61 bits per heavy atom. The molecule has 0 heterocycles. The van der Waals surface area contributed by atoms with Gasteiger partial charge in [0.25, 0.3) is 0 Å². The van der Waals surface area contributed by atoms with Crippen LogP contribution in [0, 0.1) is 0 Å². The third-order valence-electron chi connectivity index (χ3n) is 2.71. The molecule has 0 aliphatic heterocycles. The first-order valence-corrected chi connectivity index (χ1v) is 6.87. The van der Waals surface area contributed by atoms with Gasteiger partial charge in [-0.05, 0) is 28.7 Å². The van der Waals surface area contributed by atoms with Gasteiger partial charge in [-0.25, -0.2) is 5.14 Å². The Bertz CT molecular complexity index is 614. The molecular weight excluding hydrogens is 250 g/mol. The van der Waals surface area contributed by atoms with Gasteiger partial charge in [-0.1, -0.05) is 48.5 Å². The minimum absolute atomic E-state index is 1.10. The zero-order valence-electron chi connectivity index (χ0n) is 9.58. The number of benzene rings is 2. The standard InChI is InChI=1S/C13H10.H3NO3S/c1-3-7-12-10(5-1)9-11-6-2-4-8-13(11)12;1-5(2,3)4/h1-8H,9H2;(H3,1,2,3,4). The lowest BCUT2D eigenvalue weighted by Gasteiger charge is -1.98. The number of rotatable bonds is 0. The van der Waals surface area contributed by atoms with Gasteiger partial charge in [0.15, 0.2) is 0 Å². The van der Waals surface area contributed by atoms with Crippen molar-refractivity contribution in [2.24, 2.45) is 5.14 Å². The van der Waals surface area contributed by atoms with E-state index in [4.69, 9.17) is 13.0 Å². The van der Waals surface area contributed by atoms with Crippen LogP contribution < -0.4 is 5.14 Å². The summed E-state index contributed by atoms with van der Waals surface area (Å²) in [6.07, 6.45) is 1.10. The Morgan fingerprint density at radius 2 is 1.22 bits per heavy atom. The van der Waals surface area contributed by atoms with Crippen molar-refractivity contribution in [3.05, 3.63) is 59.7 Å². The fourth-order valence-corrected chi connectivity index (χ4v) is 2.08. The second kappa shape index (κ2) is 4.89. The van der Waals surface area contributed by atoms with Gasteiger partial charge in [0, 0.05) is 0 Å². The molecule has 1 aliphatic carbocycles. The van der Waals surface area contributed by atoms with Gasteiger partial charge in [-0.3, -0.25) is 4.55 Å². The van der Waals surface area contributed by atoms with Gasteiger partial charge in [0.2, 0.25) is 0 Å². The van der Waals surface area contributed by atoms with Crippen molar-refractivity contribution in [3.63, 3.8) is 0 Å². The molecule has 0 unspecified atom stereocenters. The Labute approximate surface area is 106 Å². The van der Waals surface area contributed by atoms with E-state index < -0.39 is 10.3 Å². The van der Waals surface area contributed by atoms with E-state index in [9.17, 15) is 0 Å². The summed E-state index contributed by atoms with van der Waals surface area (Å²) in [7, 11) is -4.17. The first-order chi connectivity index (χ1) is 8.45. The van der Waals surface area contributed by atoms with Gasteiger partial charge in [0.05, 0.1) is 0 Å². The molecular formula is C13H13NO3S. The summed E-state index contributed by atoms with van der Waals surface area (Å²) in [6.45, 7) is 0. The zero-order chi connectivity index (χ0) is 13.2. The minimum Gasteiger partial charge on any atom is -0.274 e. The molecule has 0 saturated carbocycles. The normalized spacial score (nSPS) is 12.1. The Balaban J connectivity index is 0.000000209. The Hall–Kier alpha value is -1.69. The average Bonchev–Trinajstić information content (AvgIpc) is 2.65. The zero-order valence-corrected chi connectivity index (χ0v) is 10.4. The van der Waals surface area contributed by atoms with Crippen LogP contribution in [0.3, 0.4) is 0 Å². The summed E-state index contributed by atoms with van der Waals surface area (Å²) in [6, 6.07) is 17.3. The molecule has 1 aliphatic rings. The second-order valence-corrected chi connectivity index (χ2v) is 5.04. The molecule has 0 aromatic heterocycles. The summed E-state index contributed by atoms with van der Waals surface area (Å²) in [4.78, 5) is 0. The fourth-order valence-electron chi connectivity index (χ4n) is 2.08. The number of hydrogen-bond acceptors (Lipinski definition) is 2. The van der Waals surface area contributed by atoms with Crippen molar-refractivity contribution < 1.29 is 13.0 Å². The fraction of sp³-hybridized carbons (Fsp3) is 0.0769. The SMILES string of the molecule is NS(=O)(=O)O.c1ccc2c(c1)Cc1ccccc1-2. The third-order valence-corrected chi connectivity index (χ3v) is 2.71. The number of hydrogen-bond donors (Lipinski definition) is 2. The van der Waals surface area contributed by atoms with Gasteiger partial charge in [0.1, 0.15) is 0 Å². The highest BCUT2D eigenvalue weighted by atomic mass is 32.2. The molecule has 0 atom stereocenters. The van der Waals surface area contributed by atoms with Crippen LogP contribution in [0.25, 0.3) is 11.1 Å². The predicted octanol–water partition coefficient (Wildman–Crippen LogP) is 2.01. The van der Waals surface area contributed by atoms with Crippen LogP contribution in [0.4, 0.5) is 0 Å². The van der Waals surface area contributed by atoms with Crippen LogP contribution in [0.5, 0.6) is 0 Å². The lowest BCUT2D eigenvalue weighted by Crippen LogP contribution is -2.08. The summed E-state index contributed by atoms with van der Waals surface area (Å²) in [5, 5.41) is 3.88. The summed E-state index contributed by atoms with van der Waals surface area (Å²) in [5.74, 6) is 0. The molecule has 3 rings (SSSR count). The van der Waals surface area contributed by atoms with Crippen LogP contribution in [0.1, 0.15) is 11.1 Å². The van der Waals surface area contributed by atoms with E-state index >= 15 is 0 Å². The molecule has 2 aromatic carbocycles. The van der Waals surface area contributed by atoms with Crippen LogP contribution >= 0.6 is 0 Å². The minimum atomic E-state index is -4.17. The van der Waals surface area contributed by atoms with Crippen LogP contribution in [-0.4, -0.2) is 13.0 Å². The van der Waals surface area contributed by atoms with Crippen LogP contribution in [0.15, 0.2) is 48.5 Å². The van der Waals surface area contributed by atoms with Crippen molar-refractivity contribution in [3.8, 4) is 11.1 Å². The summed E-state index contributed by atoms with van der Waals surface area (Å²) in [5.41, 5.74) is 5.75. The molecule has 0 spiro atoms. The summed E-state index contributed by atoms with van der Waals surface area (Å²) >= 11 is 0. The quantitative estimate of drug-likeness (QED) is 0.609. The molecule has 4 nitrogen and oxygen atoms in total. The molecule has 0 amide bonds. The van der Waals surface area contributed by atoms with Crippen molar-refractivity contribution in [1.29, 1.82) is 0 Å². The van der Waals surface area contributed by atoms with E-state index in [0.717, 1.165) is 6.42 Å². The maximum atomic E-state index is 8.97. The van der Waals surface area contributed by atoms with E-state index in [1.165, 1.54) is 22.3 Å². The van der Waals surface area contributed by atoms with E-state index in [1.807, 2.05) is 0 Å². The molecule has 0 saturated heterocycles. The Kier molecular flexibility index (Phi) is 3.47. The molecule has 2 aromatic rings. The topological polar surface area (TPSA) is 80.4 Å². The van der Waals surface area contributed by atoms with E-state index in [2.05, 4.69) is 53.7 Å². The number of nitrogens with two attached hydrogens (primary N) is 1. The van der Waals surface area contributed by atoms with Crippen molar-refractivity contribution in [2.75, 3.05) is 0 Å². The predicted molar refractivity (Wildman–Crippen MR) is 70.4 cm³/mol. The lowest BCUT2D eigenvalue weighted by atomic mass is 10.1. The molecule has 5 heteroatoms. The van der Waals surface area contributed by atoms with Gasteiger partial charge < -0.3 is 0 Å². The molecule has 0 fully saturated rings. The average molecular weight is 263 g/mol. The second-order valence-electron chi connectivity index (χ2n) is 4.01. The largest absolute Gasteiger partial charge is 0.330 e. The molecule has 0 radical (unpaired) electrons. The molecule has 3 N–H and O–H groups in total.